The Labute approximate surface area is 115 Å². The number of hydrogen-bond donors (Lipinski definition) is 0. The molecule has 0 amide bonds. The Bertz CT molecular complexity index is 396. The second-order valence-electron chi connectivity index (χ2n) is 5.22. The van der Waals surface area contributed by atoms with Crippen LogP contribution >= 0.6 is 0 Å². The highest BCUT2D eigenvalue weighted by atomic mass is 16.1. The van der Waals surface area contributed by atoms with Crippen LogP contribution in [0, 0.1) is 0 Å². The number of carbonyl (C=O) groups excluding carboxylic acids is 1. The van der Waals surface area contributed by atoms with E-state index in [1.807, 2.05) is 0 Å². The molecule has 2 heterocycles. The Hall–Kier alpha value is -1.39. The average molecular weight is 264 g/mol. The molecular weight excluding hydrogens is 240 g/mol. The summed E-state index contributed by atoms with van der Waals surface area (Å²) in [6, 6.07) is 0. The van der Waals surface area contributed by atoms with Crippen molar-refractivity contribution in [3.05, 3.63) is 5.82 Å². The lowest BCUT2D eigenvalue weighted by molar-refractivity contribution is 0.110. The highest BCUT2D eigenvalue weighted by Gasteiger charge is 2.18. The van der Waals surface area contributed by atoms with Crippen LogP contribution in [0.25, 0.3) is 0 Å². The average Bonchev–Trinajstić information content (AvgIpc) is 3.07. The van der Waals surface area contributed by atoms with Crippen molar-refractivity contribution in [3.63, 3.8) is 0 Å². The molecule has 0 atom stereocenters. The van der Waals surface area contributed by atoms with Crippen molar-refractivity contribution in [3.8, 4) is 0 Å². The van der Waals surface area contributed by atoms with Crippen LogP contribution in [0.3, 0.4) is 0 Å². The summed E-state index contributed by atoms with van der Waals surface area (Å²) < 4.78 is 1.77. The summed E-state index contributed by atoms with van der Waals surface area (Å²) in [5, 5.41) is 4.48. The van der Waals surface area contributed by atoms with Gasteiger partial charge in [-0.05, 0) is 19.3 Å². The number of carbonyl (C=O) groups is 1. The lowest BCUT2D eigenvalue weighted by atomic mass is 10.1. The van der Waals surface area contributed by atoms with E-state index in [9.17, 15) is 4.79 Å². The summed E-state index contributed by atoms with van der Waals surface area (Å²) in [4.78, 5) is 17.6. The Morgan fingerprint density at radius 3 is 2.58 bits per heavy atom. The predicted molar refractivity (Wildman–Crippen MR) is 75.6 cm³/mol. The zero-order valence-corrected chi connectivity index (χ0v) is 11.8. The van der Waals surface area contributed by atoms with E-state index >= 15 is 0 Å². The van der Waals surface area contributed by atoms with E-state index in [0.717, 1.165) is 38.3 Å². The highest BCUT2D eigenvalue weighted by Crippen LogP contribution is 2.16. The van der Waals surface area contributed by atoms with Crippen molar-refractivity contribution in [1.82, 2.24) is 14.8 Å². The molecule has 1 aliphatic rings. The Kier molecular flexibility index (Phi) is 5.36. The summed E-state index contributed by atoms with van der Waals surface area (Å²) in [7, 11) is 0. The number of nitrogens with zero attached hydrogens (tertiary/aromatic N) is 4. The fraction of sp³-hybridized carbons (Fsp3) is 0.786. The van der Waals surface area contributed by atoms with Gasteiger partial charge in [0.25, 0.3) is 0 Å². The van der Waals surface area contributed by atoms with Crippen molar-refractivity contribution in [2.45, 2.75) is 58.4 Å². The summed E-state index contributed by atoms with van der Waals surface area (Å²) in [5.41, 5.74) is 0. The van der Waals surface area contributed by atoms with Gasteiger partial charge in [0.05, 0.1) is 0 Å². The molecule has 1 aromatic heterocycles. The second-order valence-corrected chi connectivity index (χ2v) is 5.22. The molecule has 1 aromatic rings. The Balaban J connectivity index is 1.89. The van der Waals surface area contributed by atoms with Gasteiger partial charge in [0, 0.05) is 19.6 Å². The first kappa shape index (κ1) is 14.0. The molecule has 0 aliphatic carbocycles. The molecule has 0 radical (unpaired) electrons. The minimum atomic E-state index is 0.470. The van der Waals surface area contributed by atoms with Gasteiger partial charge in [0.1, 0.15) is 0 Å². The van der Waals surface area contributed by atoms with E-state index in [-0.39, 0.29) is 0 Å². The molecule has 0 spiro atoms. The molecule has 2 rings (SSSR count). The topological polar surface area (TPSA) is 51.0 Å². The van der Waals surface area contributed by atoms with Gasteiger partial charge >= 0.3 is 0 Å². The number of hydrogen-bond acceptors (Lipinski definition) is 4. The van der Waals surface area contributed by atoms with Gasteiger partial charge in [-0.1, -0.05) is 32.6 Å². The molecule has 0 N–H and O–H groups in total. The molecule has 0 bridgehead atoms. The second kappa shape index (κ2) is 7.26. The van der Waals surface area contributed by atoms with E-state index in [1.165, 1.54) is 38.5 Å². The van der Waals surface area contributed by atoms with Crippen LogP contribution in [0.15, 0.2) is 0 Å². The molecule has 0 saturated carbocycles. The maximum absolute atomic E-state index is 11.0. The summed E-state index contributed by atoms with van der Waals surface area (Å²) >= 11 is 0. The number of aryl methyl sites for hydroxylation is 1. The van der Waals surface area contributed by atoms with Gasteiger partial charge in [-0.3, -0.25) is 4.79 Å². The molecule has 5 nitrogen and oxygen atoms in total. The predicted octanol–water partition coefficient (Wildman–Crippen LogP) is 2.66. The third-order valence-electron chi connectivity index (χ3n) is 3.66. The van der Waals surface area contributed by atoms with Crippen LogP contribution in [0.2, 0.25) is 0 Å². The van der Waals surface area contributed by atoms with E-state index in [1.54, 1.807) is 4.68 Å². The lowest BCUT2D eigenvalue weighted by Gasteiger charge is -2.10. The van der Waals surface area contributed by atoms with E-state index in [0.29, 0.717) is 5.82 Å². The minimum absolute atomic E-state index is 0.470. The first-order valence-corrected chi connectivity index (χ1v) is 7.50. The normalized spacial score (nSPS) is 15.1. The fourth-order valence-corrected chi connectivity index (χ4v) is 2.51. The van der Waals surface area contributed by atoms with Gasteiger partial charge in [0.15, 0.2) is 12.1 Å². The van der Waals surface area contributed by atoms with Crippen LogP contribution in [-0.4, -0.2) is 34.1 Å². The van der Waals surface area contributed by atoms with E-state index < -0.39 is 0 Å². The maximum atomic E-state index is 11.0. The zero-order chi connectivity index (χ0) is 13.5. The fourth-order valence-electron chi connectivity index (χ4n) is 2.51. The van der Waals surface area contributed by atoms with Crippen molar-refractivity contribution < 1.29 is 4.79 Å². The molecule has 106 valence electrons. The standard InChI is InChI=1S/C14H24N4O/c1-2-3-4-5-6-11-18-13(12-19)15-14(16-18)17-9-7-8-10-17/h12H,2-11H2,1H3. The number of aromatic nitrogens is 3. The van der Waals surface area contributed by atoms with Gasteiger partial charge in [-0.25, -0.2) is 4.68 Å². The number of rotatable bonds is 8. The zero-order valence-electron chi connectivity index (χ0n) is 11.8. The van der Waals surface area contributed by atoms with Gasteiger partial charge in [-0.2, -0.15) is 4.98 Å². The summed E-state index contributed by atoms with van der Waals surface area (Å²) in [5.74, 6) is 1.20. The molecule has 1 fully saturated rings. The number of aldehydes is 1. The Morgan fingerprint density at radius 2 is 1.89 bits per heavy atom. The first-order chi connectivity index (χ1) is 9.35. The summed E-state index contributed by atoms with van der Waals surface area (Å²) in [6.45, 7) is 5.04. The molecule has 19 heavy (non-hydrogen) atoms. The molecule has 0 unspecified atom stereocenters. The van der Waals surface area contributed by atoms with Crippen molar-refractivity contribution in [1.29, 1.82) is 0 Å². The largest absolute Gasteiger partial charge is 0.340 e. The lowest BCUT2D eigenvalue weighted by Crippen LogP contribution is -2.19. The quantitative estimate of drug-likeness (QED) is 0.535. The molecular formula is C14H24N4O. The Morgan fingerprint density at radius 1 is 1.16 bits per heavy atom. The molecule has 1 aliphatic heterocycles. The van der Waals surface area contributed by atoms with Crippen LogP contribution in [0.1, 0.15) is 62.5 Å². The van der Waals surface area contributed by atoms with Crippen LogP contribution in [0.4, 0.5) is 5.95 Å². The van der Waals surface area contributed by atoms with Crippen LogP contribution in [-0.2, 0) is 6.54 Å². The third kappa shape index (κ3) is 3.78. The van der Waals surface area contributed by atoms with E-state index in [2.05, 4.69) is 21.9 Å². The van der Waals surface area contributed by atoms with E-state index in [4.69, 9.17) is 0 Å². The smallest absolute Gasteiger partial charge is 0.245 e. The highest BCUT2D eigenvalue weighted by molar-refractivity contribution is 5.69. The maximum Gasteiger partial charge on any atom is 0.245 e. The van der Waals surface area contributed by atoms with Crippen LogP contribution < -0.4 is 4.90 Å². The van der Waals surface area contributed by atoms with Crippen LogP contribution in [0.5, 0.6) is 0 Å². The molecule has 0 aromatic carbocycles. The number of unbranched alkanes of at least 4 members (excludes halogenated alkanes) is 4. The van der Waals surface area contributed by atoms with Crippen molar-refractivity contribution in [2.24, 2.45) is 0 Å². The van der Waals surface area contributed by atoms with Gasteiger partial charge < -0.3 is 4.90 Å². The molecule has 5 heteroatoms. The third-order valence-corrected chi connectivity index (χ3v) is 3.66. The SMILES string of the molecule is CCCCCCCn1nc(N2CCCC2)nc1C=O. The van der Waals surface area contributed by atoms with Gasteiger partial charge in [0.2, 0.25) is 5.95 Å². The molecule has 1 saturated heterocycles. The minimum Gasteiger partial charge on any atom is -0.340 e. The van der Waals surface area contributed by atoms with Gasteiger partial charge in [-0.15, -0.1) is 5.10 Å². The number of anilines is 1. The van der Waals surface area contributed by atoms with Crippen molar-refractivity contribution in [2.75, 3.05) is 18.0 Å². The monoisotopic (exact) mass is 264 g/mol. The van der Waals surface area contributed by atoms with Crippen molar-refractivity contribution >= 4 is 12.2 Å². The summed E-state index contributed by atoms with van der Waals surface area (Å²) in [6.07, 6.45) is 9.29. The first-order valence-electron chi connectivity index (χ1n) is 7.50.